The van der Waals surface area contributed by atoms with Crippen LogP contribution in [0.4, 0.5) is 8.78 Å². The van der Waals surface area contributed by atoms with E-state index in [1.165, 1.54) is 6.08 Å². The third-order valence-electron chi connectivity index (χ3n) is 2.38. The van der Waals surface area contributed by atoms with Crippen molar-refractivity contribution in [3.8, 4) is 0 Å². The highest BCUT2D eigenvalue weighted by molar-refractivity contribution is 5.79. The molecule has 12 heavy (non-hydrogen) atoms. The fourth-order valence-corrected chi connectivity index (χ4v) is 1.83. The Morgan fingerprint density at radius 2 is 2.25 bits per heavy atom. The van der Waals surface area contributed by atoms with Crippen molar-refractivity contribution >= 4 is 5.91 Å². The molecule has 0 bridgehead atoms. The van der Waals surface area contributed by atoms with Crippen molar-refractivity contribution in [1.29, 1.82) is 0 Å². The first-order valence-corrected chi connectivity index (χ1v) is 3.96. The van der Waals surface area contributed by atoms with Crippen LogP contribution >= 0.6 is 0 Å². The van der Waals surface area contributed by atoms with Crippen LogP contribution in [-0.2, 0) is 4.79 Å². The second-order valence-corrected chi connectivity index (χ2v) is 3.29. The highest BCUT2D eigenvalue weighted by atomic mass is 19.1. The normalized spacial score (nSPS) is 40.3. The molecule has 1 N–H and O–H groups in total. The fourth-order valence-electron chi connectivity index (χ4n) is 1.83. The van der Waals surface area contributed by atoms with E-state index in [0.29, 0.717) is 0 Å². The van der Waals surface area contributed by atoms with E-state index in [4.69, 9.17) is 0 Å². The molecular weight excluding hydrogens is 164 g/mol. The fraction of sp³-hybridized carbons (Fsp3) is 0.625. The monoisotopic (exact) mass is 173 g/mol. The van der Waals surface area contributed by atoms with Gasteiger partial charge >= 0.3 is 0 Å². The molecule has 1 aliphatic heterocycles. The van der Waals surface area contributed by atoms with E-state index in [2.05, 4.69) is 5.32 Å². The first-order chi connectivity index (χ1) is 5.66. The number of halogens is 2. The molecule has 0 spiro atoms. The minimum Gasteiger partial charge on any atom is -0.350 e. The van der Waals surface area contributed by atoms with Gasteiger partial charge in [-0.3, -0.25) is 4.79 Å². The van der Waals surface area contributed by atoms with Crippen LogP contribution in [0.3, 0.4) is 0 Å². The number of carbonyl (C=O) groups excluding carboxylic acids is 1. The van der Waals surface area contributed by atoms with Crippen molar-refractivity contribution in [2.45, 2.75) is 25.1 Å². The van der Waals surface area contributed by atoms with Gasteiger partial charge in [0.1, 0.15) is 6.17 Å². The van der Waals surface area contributed by atoms with Gasteiger partial charge in [0.2, 0.25) is 5.91 Å². The molecule has 4 heteroatoms. The van der Waals surface area contributed by atoms with E-state index in [0.717, 1.165) is 0 Å². The predicted molar refractivity (Wildman–Crippen MR) is 38.7 cm³/mol. The second kappa shape index (κ2) is 2.54. The molecule has 2 aliphatic rings. The Bertz CT molecular complexity index is 251. The number of hydrogen-bond acceptors (Lipinski definition) is 1. The number of allylic oxidation sites excluding steroid dienone is 1. The number of nitrogens with one attached hydrogen (secondary N) is 1. The zero-order valence-corrected chi connectivity index (χ0v) is 6.39. The van der Waals surface area contributed by atoms with Gasteiger partial charge in [-0.25, -0.2) is 8.78 Å². The van der Waals surface area contributed by atoms with E-state index < -0.39 is 18.0 Å². The number of amides is 1. The predicted octanol–water partition coefficient (Wildman–Crippen LogP) is 1.09. The van der Waals surface area contributed by atoms with Crippen LogP contribution in [0.2, 0.25) is 0 Å². The van der Waals surface area contributed by atoms with Crippen LogP contribution in [0.5, 0.6) is 0 Å². The summed E-state index contributed by atoms with van der Waals surface area (Å²) in [5, 5.41) is 2.50. The Morgan fingerprint density at radius 1 is 1.50 bits per heavy atom. The largest absolute Gasteiger partial charge is 0.350 e. The number of carbonyl (C=O) groups is 1. The molecule has 1 saturated heterocycles. The van der Waals surface area contributed by atoms with E-state index in [9.17, 15) is 13.6 Å². The Kier molecular flexibility index (Phi) is 1.63. The molecule has 2 nitrogen and oxygen atoms in total. The van der Waals surface area contributed by atoms with Crippen molar-refractivity contribution in [3.05, 3.63) is 11.9 Å². The van der Waals surface area contributed by atoms with E-state index in [-0.39, 0.29) is 24.7 Å². The van der Waals surface area contributed by atoms with Gasteiger partial charge in [0.25, 0.3) is 0 Å². The maximum Gasteiger partial charge on any atom is 0.221 e. The summed E-state index contributed by atoms with van der Waals surface area (Å²) in [6.07, 6.45) is 0.130. The average Bonchev–Trinajstić information content (AvgIpc) is 2.29. The SMILES string of the molecule is O=C1C[C@@H]2C=C(F)C[C@@H](F)[C@H]2N1. The van der Waals surface area contributed by atoms with Gasteiger partial charge in [0.15, 0.2) is 0 Å². The Labute approximate surface area is 68.6 Å². The second-order valence-electron chi connectivity index (χ2n) is 3.29. The van der Waals surface area contributed by atoms with Crippen molar-refractivity contribution < 1.29 is 13.6 Å². The maximum atomic E-state index is 13.1. The first kappa shape index (κ1) is 7.71. The van der Waals surface area contributed by atoms with Gasteiger partial charge in [0, 0.05) is 18.8 Å². The average molecular weight is 173 g/mol. The van der Waals surface area contributed by atoms with Gasteiger partial charge in [-0.2, -0.15) is 0 Å². The molecule has 1 heterocycles. The lowest BCUT2D eigenvalue weighted by molar-refractivity contribution is -0.119. The molecular formula is C8H9F2NO. The molecule has 2 rings (SSSR count). The Balaban J connectivity index is 2.22. The van der Waals surface area contributed by atoms with Gasteiger partial charge in [0.05, 0.1) is 11.9 Å². The zero-order valence-electron chi connectivity index (χ0n) is 6.39. The van der Waals surface area contributed by atoms with Crippen LogP contribution in [0.25, 0.3) is 0 Å². The summed E-state index contributed by atoms with van der Waals surface area (Å²) in [5.74, 6) is -0.889. The van der Waals surface area contributed by atoms with E-state index in [1.54, 1.807) is 0 Å². The lowest BCUT2D eigenvalue weighted by atomic mass is 9.89. The van der Waals surface area contributed by atoms with Crippen molar-refractivity contribution in [3.63, 3.8) is 0 Å². The summed E-state index contributed by atoms with van der Waals surface area (Å²) < 4.78 is 25.7. The van der Waals surface area contributed by atoms with Gasteiger partial charge in [-0.1, -0.05) is 0 Å². The molecule has 0 unspecified atom stereocenters. The van der Waals surface area contributed by atoms with E-state index in [1.807, 2.05) is 0 Å². The number of hydrogen-bond donors (Lipinski definition) is 1. The Morgan fingerprint density at radius 3 is 3.00 bits per heavy atom. The Hall–Kier alpha value is -0.930. The number of rotatable bonds is 0. The smallest absolute Gasteiger partial charge is 0.221 e. The summed E-state index contributed by atoms with van der Waals surface area (Å²) in [6, 6.07) is -0.489. The minimum absolute atomic E-state index is 0.182. The number of alkyl halides is 1. The molecule has 1 amide bonds. The van der Waals surface area contributed by atoms with Crippen LogP contribution in [0, 0.1) is 5.92 Å². The van der Waals surface area contributed by atoms with Crippen molar-refractivity contribution in [2.24, 2.45) is 5.92 Å². The van der Waals surface area contributed by atoms with Crippen LogP contribution in [-0.4, -0.2) is 18.1 Å². The van der Waals surface area contributed by atoms with E-state index >= 15 is 0 Å². The quantitative estimate of drug-likeness (QED) is 0.583. The van der Waals surface area contributed by atoms with Crippen LogP contribution in [0.1, 0.15) is 12.8 Å². The molecule has 0 saturated carbocycles. The molecule has 1 fully saturated rings. The molecule has 1 aliphatic carbocycles. The van der Waals surface area contributed by atoms with Crippen molar-refractivity contribution in [1.82, 2.24) is 5.32 Å². The molecule has 0 aromatic carbocycles. The third kappa shape index (κ3) is 1.11. The molecule has 0 aromatic rings. The lowest BCUT2D eigenvalue weighted by Crippen LogP contribution is -2.39. The summed E-state index contributed by atoms with van der Waals surface area (Å²) in [7, 11) is 0. The molecule has 66 valence electrons. The van der Waals surface area contributed by atoms with Crippen molar-refractivity contribution in [2.75, 3.05) is 0 Å². The summed E-state index contributed by atoms with van der Waals surface area (Å²) in [6.45, 7) is 0. The standard InChI is InChI=1S/C8H9F2NO/c9-5-1-4-2-7(12)11-8(4)6(10)3-5/h1,4,6,8H,2-3H2,(H,11,12)/t4-,6+,8-/m0/s1. The van der Waals surface area contributed by atoms with Gasteiger partial charge in [-0.05, 0) is 6.08 Å². The summed E-state index contributed by atoms with van der Waals surface area (Å²) >= 11 is 0. The highest BCUT2D eigenvalue weighted by Crippen LogP contribution is 2.32. The molecule has 3 atom stereocenters. The van der Waals surface area contributed by atoms with Gasteiger partial charge in [-0.15, -0.1) is 0 Å². The topological polar surface area (TPSA) is 29.1 Å². The zero-order chi connectivity index (χ0) is 8.72. The maximum absolute atomic E-state index is 13.1. The molecule has 0 radical (unpaired) electrons. The van der Waals surface area contributed by atoms with Crippen LogP contribution < -0.4 is 5.32 Å². The first-order valence-electron chi connectivity index (χ1n) is 3.96. The summed E-state index contributed by atoms with van der Waals surface area (Å²) in [4.78, 5) is 10.8. The third-order valence-corrected chi connectivity index (χ3v) is 2.38. The van der Waals surface area contributed by atoms with Gasteiger partial charge < -0.3 is 5.32 Å². The number of fused-ring (bicyclic) bond motifs is 1. The lowest BCUT2D eigenvalue weighted by Gasteiger charge is -2.24. The summed E-state index contributed by atoms with van der Waals surface area (Å²) in [5.41, 5.74) is 0. The van der Waals surface area contributed by atoms with Crippen LogP contribution in [0.15, 0.2) is 11.9 Å². The molecule has 0 aromatic heterocycles. The highest BCUT2D eigenvalue weighted by Gasteiger charge is 2.40. The minimum atomic E-state index is -1.26.